The highest BCUT2D eigenvalue weighted by Crippen LogP contribution is 2.32. The van der Waals surface area contributed by atoms with Crippen molar-refractivity contribution in [3.05, 3.63) is 10.0 Å². The quantitative estimate of drug-likeness (QED) is 0.909. The van der Waals surface area contributed by atoms with Crippen LogP contribution in [0.2, 0.25) is 0 Å². The van der Waals surface area contributed by atoms with Crippen LogP contribution in [0.15, 0.2) is 0 Å². The minimum Gasteiger partial charge on any atom is -0.393 e. The summed E-state index contributed by atoms with van der Waals surface area (Å²) in [4.78, 5) is 2.06. The lowest BCUT2D eigenvalue weighted by molar-refractivity contribution is -0.138. The van der Waals surface area contributed by atoms with Gasteiger partial charge in [-0.05, 0) is 26.7 Å². The summed E-state index contributed by atoms with van der Waals surface area (Å²) < 4.78 is 37.3. The van der Waals surface area contributed by atoms with Crippen molar-refractivity contribution < 1.29 is 18.3 Å². The molecule has 1 aromatic rings. The molecule has 0 aromatic carbocycles. The lowest BCUT2D eigenvalue weighted by Crippen LogP contribution is -2.47. The minimum absolute atomic E-state index is 0.122. The maximum atomic E-state index is 12.4. The van der Waals surface area contributed by atoms with Gasteiger partial charge in [0.05, 0.1) is 12.6 Å². The number of hydrogen-bond donors (Lipinski definition) is 1. The van der Waals surface area contributed by atoms with Gasteiger partial charge in [-0.3, -0.25) is 4.90 Å². The van der Waals surface area contributed by atoms with Gasteiger partial charge < -0.3 is 5.11 Å². The van der Waals surface area contributed by atoms with E-state index >= 15 is 0 Å². The molecule has 108 valence electrons. The van der Waals surface area contributed by atoms with Gasteiger partial charge in [0, 0.05) is 12.1 Å². The average Bonchev–Trinajstić information content (AvgIpc) is 2.71. The van der Waals surface area contributed by atoms with Gasteiger partial charge in [-0.25, -0.2) is 0 Å². The molecule has 1 aliphatic rings. The summed E-state index contributed by atoms with van der Waals surface area (Å²) in [7, 11) is 0. The number of likely N-dealkylation sites (tertiary alicyclic amines) is 1. The molecule has 0 radical (unpaired) electrons. The van der Waals surface area contributed by atoms with Gasteiger partial charge in [-0.1, -0.05) is 11.3 Å². The first kappa shape index (κ1) is 14.7. The fourth-order valence-electron chi connectivity index (χ4n) is 2.49. The van der Waals surface area contributed by atoms with Crippen molar-refractivity contribution in [2.45, 2.75) is 57.6 Å². The highest BCUT2D eigenvalue weighted by molar-refractivity contribution is 7.11. The molecule has 4 nitrogen and oxygen atoms in total. The number of piperidine rings is 1. The van der Waals surface area contributed by atoms with Crippen molar-refractivity contribution in [3.8, 4) is 0 Å². The number of nitrogens with zero attached hydrogens (tertiary/aromatic N) is 3. The summed E-state index contributed by atoms with van der Waals surface area (Å²) in [6.45, 7) is 4.28. The summed E-state index contributed by atoms with van der Waals surface area (Å²) in [5.74, 6) is 0. The molecule has 0 aliphatic carbocycles. The number of rotatable bonds is 2. The predicted octanol–water partition coefficient (Wildman–Crippen LogP) is 2.29. The number of aliphatic hydroxyl groups is 1. The Bertz CT molecular complexity index is 425. The lowest BCUT2D eigenvalue weighted by atomic mass is 9.95. The molecule has 2 rings (SSSR count). The van der Waals surface area contributed by atoms with Crippen molar-refractivity contribution in [2.75, 3.05) is 0 Å². The van der Waals surface area contributed by atoms with Crippen molar-refractivity contribution in [1.82, 2.24) is 15.1 Å². The van der Waals surface area contributed by atoms with Gasteiger partial charge >= 0.3 is 6.18 Å². The third-order valence-corrected chi connectivity index (χ3v) is 4.34. The van der Waals surface area contributed by atoms with Gasteiger partial charge in [0.1, 0.15) is 5.01 Å². The fourth-order valence-corrected chi connectivity index (χ4v) is 3.20. The van der Waals surface area contributed by atoms with E-state index in [1.807, 2.05) is 13.8 Å². The SMILES string of the molecule is C[C@@H]1CC(O)C[C@H](C)N1Cc1nnc(C(F)(F)F)s1. The molecular weight excluding hydrogens is 279 g/mol. The first-order valence-electron chi connectivity index (χ1n) is 6.10. The molecule has 1 unspecified atom stereocenters. The third kappa shape index (κ3) is 3.43. The van der Waals surface area contributed by atoms with Crippen LogP contribution in [0.4, 0.5) is 13.2 Å². The van der Waals surface area contributed by atoms with Gasteiger partial charge in [-0.2, -0.15) is 13.2 Å². The van der Waals surface area contributed by atoms with Crippen LogP contribution in [0.5, 0.6) is 0 Å². The fraction of sp³-hybridized carbons (Fsp3) is 0.818. The number of halogens is 3. The molecule has 1 N–H and O–H groups in total. The minimum atomic E-state index is -4.43. The van der Waals surface area contributed by atoms with Crippen molar-refractivity contribution in [3.63, 3.8) is 0 Å². The second kappa shape index (κ2) is 5.34. The first-order valence-corrected chi connectivity index (χ1v) is 6.92. The van der Waals surface area contributed by atoms with E-state index in [4.69, 9.17) is 0 Å². The van der Waals surface area contributed by atoms with E-state index in [0.29, 0.717) is 35.7 Å². The Morgan fingerprint density at radius 3 is 2.32 bits per heavy atom. The first-order chi connectivity index (χ1) is 8.77. The summed E-state index contributed by atoms with van der Waals surface area (Å²) in [5.41, 5.74) is 0. The molecule has 0 saturated carbocycles. The maximum absolute atomic E-state index is 12.4. The molecule has 1 aromatic heterocycles. The number of aliphatic hydroxyl groups excluding tert-OH is 1. The summed E-state index contributed by atoms with van der Waals surface area (Å²) in [5, 5.41) is 15.9. The smallest absolute Gasteiger partial charge is 0.393 e. The van der Waals surface area contributed by atoms with E-state index in [-0.39, 0.29) is 18.2 Å². The Labute approximate surface area is 113 Å². The van der Waals surface area contributed by atoms with Crippen LogP contribution in [0.1, 0.15) is 36.7 Å². The average molecular weight is 295 g/mol. The highest BCUT2D eigenvalue weighted by atomic mass is 32.1. The van der Waals surface area contributed by atoms with Gasteiger partial charge in [0.2, 0.25) is 5.01 Å². The molecule has 8 heteroatoms. The topological polar surface area (TPSA) is 49.2 Å². The summed E-state index contributed by atoms with van der Waals surface area (Å²) in [6, 6.07) is 0.244. The van der Waals surface area contributed by atoms with Crippen LogP contribution < -0.4 is 0 Å². The number of hydrogen-bond acceptors (Lipinski definition) is 5. The number of alkyl halides is 3. The molecule has 1 fully saturated rings. The highest BCUT2D eigenvalue weighted by Gasteiger charge is 2.36. The molecule has 1 saturated heterocycles. The van der Waals surface area contributed by atoms with Crippen molar-refractivity contribution in [2.24, 2.45) is 0 Å². The van der Waals surface area contributed by atoms with Crippen LogP contribution in [-0.4, -0.2) is 38.4 Å². The monoisotopic (exact) mass is 295 g/mol. The zero-order chi connectivity index (χ0) is 14.2. The van der Waals surface area contributed by atoms with Crippen molar-refractivity contribution >= 4 is 11.3 Å². The largest absolute Gasteiger partial charge is 0.445 e. The normalized spacial score (nSPS) is 29.7. The van der Waals surface area contributed by atoms with Crippen LogP contribution in [0.25, 0.3) is 0 Å². The van der Waals surface area contributed by atoms with Crippen molar-refractivity contribution in [1.29, 1.82) is 0 Å². The Balaban J connectivity index is 2.06. The van der Waals surface area contributed by atoms with E-state index in [1.165, 1.54) is 0 Å². The van der Waals surface area contributed by atoms with Crippen LogP contribution in [0.3, 0.4) is 0 Å². The predicted molar refractivity (Wildman–Crippen MR) is 64.6 cm³/mol. The molecule has 2 heterocycles. The maximum Gasteiger partial charge on any atom is 0.445 e. The van der Waals surface area contributed by atoms with E-state index in [1.54, 1.807) is 0 Å². The molecule has 1 aliphatic heterocycles. The van der Waals surface area contributed by atoms with Gasteiger partial charge in [0.25, 0.3) is 0 Å². The second-order valence-corrected chi connectivity index (χ2v) is 6.06. The van der Waals surface area contributed by atoms with Gasteiger partial charge in [0.15, 0.2) is 0 Å². The third-order valence-electron chi connectivity index (χ3n) is 3.39. The molecule has 0 amide bonds. The van der Waals surface area contributed by atoms with Crippen LogP contribution in [0, 0.1) is 0 Å². The summed E-state index contributed by atoms with van der Waals surface area (Å²) >= 11 is 0.587. The van der Waals surface area contributed by atoms with Crippen LogP contribution in [-0.2, 0) is 12.7 Å². The molecule has 3 atom stereocenters. The molecule has 0 spiro atoms. The standard InChI is InChI=1S/C11H16F3N3OS/c1-6-3-8(18)4-7(2)17(6)5-9-15-16-10(19-9)11(12,13)14/h6-8,18H,3-5H2,1-2H3/t6-,7+,8?. The summed E-state index contributed by atoms with van der Waals surface area (Å²) in [6.07, 6.45) is -3.49. The zero-order valence-corrected chi connectivity index (χ0v) is 11.5. The second-order valence-electron chi connectivity index (χ2n) is 4.99. The lowest BCUT2D eigenvalue weighted by Gasteiger charge is -2.40. The Morgan fingerprint density at radius 1 is 1.26 bits per heavy atom. The Hall–Kier alpha value is -0.730. The van der Waals surface area contributed by atoms with E-state index in [9.17, 15) is 18.3 Å². The molecule has 0 bridgehead atoms. The van der Waals surface area contributed by atoms with Crippen LogP contribution >= 0.6 is 11.3 Å². The zero-order valence-electron chi connectivity index (χ0n) is 10.7. The Morgan fingerprint density at radius 2 is 1.84 bits per heavy atom. The van der Waals surface area contributed by atoms with E-state index in [2.05, 4.69) is 15.1 Å². The Kier molecular flexibility index (Phi) is 4.12. The molecular formula is C11H16F3N3OS. The van der Waals surface area contributed by atoms with Gasteiger partial charge in [-0.15, -0.1) is 10.2 Å². The van der Waals surface area contributed by atoms with E-state index in [0.717, 1.165) is 0 Å². The van der Waals surface area contributed by atoms with E-state index < -0.39 is 11.2 Å². The number of aromatic nitrogens is 2. The molecule has 19 heavy (non-hydrogen) atoms.